The van der Waals surface area contributed by atoms with Gasteiger partial charge in [-0.05, 0) is 32.0 Å². The first-order valence-corrected chi connectivity index (χ1v) is 7.85. The van der Waals surface area contributed by atoms with Crippen molar-refractivity contribution >= 4 is 21.4 Å². The second kappa shape index (κ2) is 5.13. The smallest absolute Gasteiger partial charge is 0.259 e. The molecule has 1 aromatic carbocycles. The maximum absolute atomic E-state index is 12.2. The minimum atomic E-state index is -3.40. The average Bonchev–Trinajstić information content (AvgIpc) is 2.68. The molecule has 5 nitrogen and oxygen atoms in total. The van der Waals surface area contributed by atoms with Crippen LogP contribution < -0.4 is 5.32 Å². The molecule has 106 valence electrons. The Bertz CT molecular complexity index is 759. The number of hydrogen-bond acceptors (Lipinski definition) is 4. The molecule has 0 unspecified atom stereocenters. The van der Waals surface area contributed by atoms with E-state index < -0.39 is 15.7 Å². The van der Waals surface area contributed by atoms with Crippen LogP contribution in [-0.2, 0) is 9.84 Å². The van der Waals surface area contributed by atoms with Gasteiger partial charge in [0.2, 0.25) is 0 Å². The van der Waals surface area contributed by atoms with Gasteiger partial charge in [0.05, 0.1) is 16.1 Å². The number of furan rings is 1. The first-order chi connectivity index (χ1) is 9.29. The molecule has 1 heterocycles. The van der Waals surface area contributed by atoms with E-state index in [4.69, 9.17) is 4.42 Å². The van der Waals surface area contributed by atoms with Crippen LogP contribution in [0.2, 0.25) is 0 Å². The van der Waals surface area contributed by atoms with Crippen LogP contribution in [0.3, 0.4) is 0 Å². The Morgan fingerprint density at radius 1 is 1.20 bits per heavy atom. The van der Waals surface area contributed by atoms with E-state index in [1.165, 1.54) is 6.07 Å². The van der Waals surface area contributed by atoms with Crippen LogP contribution in [0, 0.1) is 13.8 Å². The predicted octanol–water partition coefficient (Wildman–Crippen LogP) is 2.55. The van der Waals surface area contributed by atoms with Crippen LogP contribution in [0.15, 0.2) is 39.6 Å². The molecule has 0 aliphatic carbocycles. The van der Waals surface area contributed by atoms with Gasteiger partial charge < -0.3 is 9.73 Å². The molecule has 0 spiro atoms. The SMILES string of the molecule is Cc1cc(C(=O)Nc2ccccc2S(C)(=O)=O)c(C)o1. The molecule has 6 heteroatoms. The average molecular weight is 293 g/mol. The Hall–Kier alpha value is -2.08. The molecule has 2 aromatic rings. The number of aryl methyl sites for hydroxylation is 2. The topological polar surface area (TPSA) is 76.4 Å². The summed E-state index contributed by atoms with van der Waals surface area (Å²) in [4.78, 5) is 12.3. The van der Waals surface area contributed by atoms with Gasteiger partial charge in [0.25, 0.3) is 5.91 Å². The highest BCUT2D eigenvalue weighted by Crippen LogP contribution is 2.22. The lowest BCUT2D eigenvalue weighted by Gasteiger charge is -2.09. The predicted molar refractivity (Wildman–Crippen MR) is 75.7 cm³/mol. The first kappa shape index (κ1) is 14.3. The van der Waals surface area contributed by atoms with E-state index in [2.05, 4.69) is 5.32 Å². The Morgan fingerprint density at radius 3 is 2.40 bits per heavy atom. The fraction of sp³-hybridized carbons (Fsp3) is 0.214. The lowest BCUT2D eigenvalue weighted by Crippen LogP contribution is -2.14. The number of anilines is 1. The van der Waals surface area contributed by atoms with E-state index in [1.54, 1.807) is 38.1 Å². The van der Waals surface area contributed by atoms with E-state index in [-0.39, 0.29) is 10.6 Å². The lowest BCUT2D eigenvalue weighted by atomic mass is 10.2. The second-order valence-corrected chi connectivity index (χ2v) is 6.53. The second-order valence-electron chi connectivity index (χ2n) is 4.55. The van der Waals surface area contributed by atoms with E-state index in [0.29, 0.717) is 17.1 Å². The maximum Gasteiger partial charge on any atom is 0.259 e. The van der Waals surface area contributed by atoms with Crippen molar-refractivity contribution in [3.63, 3.8) is 0 Å². The molecule has 0 atom stereocenters. The van der Waals surface area contributed by atoms with Gasteiger partial charge in [-0.1, -0.05) is 12.1 Å². The summed E-state index contributed by atoms with van der Waals surface area (Å²) in [6, 6.07) is 7.90. The van der Waals surface area contributed by atoms with Crippen molar-refractivity contribution in [3.05, 3.63) is 47.4 Å². The molecule has 0 aliphatic rings. The highest BCUT2D eigenvalue weighted by Gasteiger charge is 2.18. The molecule has 0 fully saturated rings. The maximum atomic E-state index is 12.2. The fourth-order valence-electron chi connectivity index (χ4n) is 1.94. The number of amides is 1. The van der Waals surface area contributed by atoms with E-state index in [1.807, 2.05) is 0 Å². The van der Waals surface area contributed by atoms with Crippen molar-refractivity contribution in [3.8, 4) is 0 Å². The van der Waals surface area contributed by atoms with Gasteiger partial charge in [0.1, 0.15) is 11.5 Å². The summed E-state index contributed by atoms with van der Waals surface area (Å²) in [6.07, 6.45) is 1.10. The van der Waals surface area contributed by atoms with Crippen LogP contribution in [0.5, 0.6) is 0 Å². The van der Waals surface area contributed by atoms with Crippen molar-refractivity contribution < 1.29 is 17.6 Å². The number of sulfone groups is 1. The molecule has 1 aromatic heterocycles. The van der Waals surface area contributed by atoms with Crippen LogP contribution >= 0.6 is 0 Å². The molecule has 0 radical (unpaired) electrons. The Balaban J connectivity index is 2.36. The van der Waals surface area contributed by atoms with Gasteiger partial charge in [-0.25, -0.2) is 8.42 Å². The third-order valence-electron chi connectivity index (χ3n) is 2.82. The summed E-state index contributed by atoms with van der Waals surface area (Å²) in [5.41, 5.74) is 0.657. The van der Waals surface area contributed by atoms with Crippen molar-refractivity contribution in [2.75, 3.05) is 11.6 Å². The molecule has 20 heavy (non-hydrogen) atoms. The highest BCUT2D eigenvalue weighted by molar-refractivity contribution is 7.90. The largest absolute Gasteiger partial charge is 0.466 e. The van der Waals surface area contributed by atoms with Gasteiger partial charge in [0.15, 0.2) is 9.84 Å². The van der Waals surface area contributed by atoms with Crippen molar-refractivity contribution in [2.45, 2.75) is 18.7 Å². The molecule has 0 saturated carbocycles. The number of benzene rings is 1. The van der Waals surface area contributed by atoms with Gasteiger partial charge in [-0.15, -0.1) is 0 Å². The zero-order valence-electron chi connectivity index (χ0n) is 11.4. The van der Waals surface area contributed by atoms with Gasteiger partial charge in [-0.2, -0.15) is 0 Å². The molecule has 1 amide bonds. The van der Waals surface area contributed by atoms with Crippen molar-refractivity contribution in [2.24, 2.45) is 0 Å². The number of carbonyl (C=O) groups is 1. The van der Waals surface area contributed by atoms with Gasteiger partial charge >= 0.3 is 0 Å². The molecule has 0 aliphatic heterocycles. The summed E-state index contributed by atoms with van der Waals surface area (Å²) in [6.45, 7) is 3.43. The van der Waals surface area contributed by atoms with Gasteiger partial charge in [-0.3, -0.25) is 4.79 Å². The molecule has 2 rings (SSSR count). The molecular formula is C14H15NO4S. The standard InChI is InChI=1S/C14H15NO4S/c1-9-8-11(10(2)19-9)14(16)15-12-6-4-5-7-13(12)20(3,17)18/h4-8H,1-3H3,(H,15,16). The quantitative estimate of drug-likeness (QED) is 0.943. The van der Waals surface area contributed by atoms with Crippen molar-refractivity contribution in [1.82, 2.24) is 0 Å². The monoisotopic (exact) mass is 293 g/mol. The van der Waals surface area contributed by atoms with Crippen LogP contribution in [0.1, 0.15) is 21.9 Å². The Labute approximate surface area is 117 Å². The zero-order valence-corrected chi connectivity index (χ0v) is 12.2. The van der Waals surface area contributed by atoms with Crippen LogP contribution in [0.25, 0.3) is 0 Å². The number of hydrogen-bond donors (Lipinski definition) is 1. The minimum absolute atomic E-state index is 0.0891. The number of para-hydroxylation sites is 1. The fourth-order valence-corrected chi connectivity index (χ4v) is 2.78. The summed E-state index contributed by atoms with van der Waals surface area (Å²) in [5, 5.41) is 2.61. The minimum Gasteiger partial charge on any atom is -0.466 e. The zero-order chi connectivity index (χ0) is 14.9. The number of nitrogens with one attached hydrogen (secondary N) is 1. The normalized spacial score (nSPS) is 11.3. The number of rotatable bonds is 3. The Kier molecular flexibility index (Phi) is 3.67. The number of carbonyl (C=O) groups excluding carboxylic acids is 1. The first-order valence-electron chi connectivity index (χ1n) is 5.96. The summed E-state index contributed by atoms with van der Waals surface area (Å²) < 4.78 is 28.6. The molecule has 0 saturated heterocycles. The molecule has 0 bridgehead atoms. The van der Waals surface area contributed by atoms with Crippen molar-refractivity contribution in [1.29, 1.82) is 0 Å². The summed E-state index contributed by atoms with van der Waals surface area (Å²) in [5.74, 6) is 0.733. The van der Waals surface area contributed by atoms with Crippen LogP contribution in [-0.4, -0.2) is 20.6 Å². The summed E-state index contributed by atoms with van der Waals surface area (Å²) >= 11 is 0. The van der Waals surface area contributed by atoms with Crippen LogP contribution in [0.4, 0.5) is 5.69 Å². The molecule has 1 N–H and O–H groups in total. The van der Waals surface area contributed by atoms with E-state index >= 15 is 0 Å². The summed E-state index contributed by atoms with van der Waals surface area (Å²) in [7, 11) is -3.40. The Morgan fingerprint density at radius 2 is 1.85 bits per heavy atom. The van der Waals surface area contributed by atoms with E-state index in [0.717, 1.165) is 6.26 Å². The van der Waals surface area contributed by atoms with E-state index in [9.17, 15) is 13.2 Å². The third-order valence-corrected chi connectivity index (χ3v) is 3.98. The third kappa shape index (κ3) is 2.91. The van der Waals surface area contributed by atoms with Gasteiger partial charge in [0, 0.05) is 6.26 Å². The molecular weight excluding hydrogens is 278 g/mol. The highest BCUT2D eigenvalue weighted by atomic mass is 32.2. The lowest BCUT2D eigenvalue weighted by molar-refractivity contribution is 0.102.